The van der Waals surface area contributed by atoms with E-state index in [1.807, 2.05) is 0 Å². The molecule has 1 aliphatic rings. The summed E-state index contributed by atoms with van der Waals surface area (Å²) in [5, 5.41) is 6.54. The average molecular weight is 570 g/mol. The lowest BCUT2D eigenvalue weighted by molar-refractivity contribution is 0.243. The van der Waals surface area contributed by atoms with E-state index in [9.17, 15) is 4.79 Å². The monoisotopic (exact) mass is 569 g/mol. The summed E-state index contributed by atoms with van der Waals surface area (Å²) < 4.78 is 6.50. The minimum atomic E-state index is -0.273. The van der Waals surface area contributed by atoms with Crippen molar-refractivity contribution in [1.29, 1.82) is 0 Å². The number of aromatic amines is 2. The standard InChI is InChI=1S/C33H43N7O2/c1-7-24-10-9-11-25(8-2)30(24)31-34-23(6)27(20-42-28-18-26(21(3)4)13-12-22(28)5)32(36-31)40-16-14-39(15-17-40)19-29-35-33(41)38-37-29/h9-13,18,21H,7-8,14-17,19-20H2,1-6H3,(H2,35,37,38,41). The number of anilines is 1. The highest BCUT2D eigenvalue weighted by Crippen LogP contribution is 2.32. The molecular formula is C33H43N7O2. The quantitative estimate of drug-likeness (QED) is 0.266. The maximum absolute atomic E-state index is 11.5. The number of ether oxygens (including phenoxy) is 1. The molecule has 0 aliphatic carbocycles. The first-order valence-electron chi connectivity index (χ1n) is 15.1. The van der Waals surface area contributed by atoms with Gasteiger partial charge in [0.2, 0.25) is 0 Å². The molecule has 42 heavy (non-hydrogen) atoms. The molecule has 0 radical (unpaired) electrons. The van der Waals surface area contributed by atoms with Crippen LogP contribution in [0.15, 0.2) is 41.2 Å². The van der Waals surface area contributed by atoms with Gasteiger partial charge in [-0.05, 0) is 60.9 Å². The Kier molecular flexibility index (Phi) is 9.06. The molecule has 0 amide bonds. The van der Waals surface area contributed by atoms with E-state index in [1.165, 1.54) is 16.7 Å². The number of nitrogens with zero attached hydrogens (tertiary/aromatic N) is 5. The second kappa shape index (κ2) is 12.9. The molecule has 1 fully saturated rings. The molecule has 1 aliphatic heterocycles. The first kappa shape index (κ1) is 29.5. The summed E-state index contributed by atoms with van der Waals surface area (Å²) in [7, 11) is 0. The second-order valence-electron chi connectivity index (χ2n) is 11.4. The number of aromatic nitrogens is 5. The van der Waals surface area contributed by atoms with Crippen molar-refractivity contribution in [2.45, 2.75) is 73.5 Å². The molecule has 222 valence electrons. The minimum absolute atomic E-state index is 0.273. The summed E-state index contributed by atoms with van der Waals surface area (Å²) in [5.41, 5.74) is 7.75. The van der Waals surface area contributed by atoms with Gasteiger partial charge in [-0.3, -0.25) is 9.88 Å². The molecular weight excluding hydrogens is 526 g/mol. The Hall–Kier alpha value is -3.98. The van der Waals surface area contributed by atoms with Crippen molar-refractivity contribution in [2.75, 3.05) is 31.1 Å². The van der Waals surface area contributed by atoms with Gasteiger partial charge in [0.1, 0.15) is 24.0 Å². The number of rotatable bonds is 10. The molecule has 9 heteroatoms. The summed E-state index contributed by atoms with van der Waals surface area (Å²) in [6, 6.07) is 13.0. The smallest absolute Gasteiger partial charge is 0.340 e. The number of nitrogens with one attached hydrogen (secondary N) is 2. The Morgan fingerprint density at radius 1 is 0.976 bits per heavy atom. The first-order chi connectivity index (χ1) is 20.3. The molecule has 1 saturated heterocycles. The predicted molar refractivity (Wildman–Crippen MR) is 167 cm³/mol. The maximum atomic E-state index is 11.5. The lowest BCUT2D eigenvalue weighted by Gasteiger charge is -2.36. The molecule has 0 atom stereocenters. The number of benzene rings is 2. The van der Waals surface area contributed by atoms with Gasteiger partial charge in [0, 0.05) is 31.7 Å². The fourth-order valence-electron chi connectivity index (χ4n) is 5.64. The van der Waals surface area contributed by atoms with E-state index in [2.05, 4.69) is 103 Å². The number of hydrogen-bond acceptors (Lipinski definition) is 7. The summed E-state index contributed by atoms with van der Waals surface area (Å²) >= 11 is 0. The van der Waals surface area contributed by atoms with E-state index >= 15 is 0 Å². The van der Waals surface area contributed by atoms with Gasteiger partial charge in [-0.2, -0.15) is 5.10 Å². The van der Waals surface area contributed by atoms with Crippen molar-refractivity contribution in [3.63, 3.8) is 0 Å². The van der Waals surface area contributed by atoms with Crippen LogP contribution in [-0.4, -0.2) is 56.2 Å². The zero-order chi connectivity index (χ0) is 29.8. The average Bonchev–Trinajstić information content (AvgIpc) is 3.40. The summed E-state index contributed by atoms with van der Waals surface area (Å²) in [6.45, 7) is 17.2. The summed E-state index contributed by atoms with van der Waals surface area (Å²) in [5.74, 6) is 3.71. The van der Waals surface area contributed by atoms with Gasteiger partial charge in [0.15, 0.2) is 5.82 Å². The molecule has 2 aromatic heterocycles. The molecule has 0 saturated carbocycles. The molecule has 2 aromatic carbocycles. The van der Waals surface area contributed by atoms with E-state index in [1.54, 1.807) is 0 Å². The normalized spacial score (nSPS) is 14.1. The fourth-order valence-corrected chi connectivity index (χ4v) is 5.64. The van der Waals surface area contributed by atoms with E-state index in [0.29, 0.717) is 24.9 Å². The summed E-state index contributed by atoms with van der Waals surface area (Å²) in [4.78, 5) is 29.3. The molecule has 0 bridgehead atoms. The second-order valence-corrected chi connectivity index (χ2v) is 11.4. The van der Waals surface area contributed by atoms with Crippen LogP contribution in [0.5, 0.6) is 5.75 Å². The third kappa shape index (κ3) is 6.41. The Balaban J connectivity index is 1.49. The van der Waals surface area contributed by atoms with Crippen LogP contribution in [-0.2, 0) is 26.0 Å². The number of aryl methyl sites for hydroxylation is 4. The molecule has 4 aromatic rings. The van der Waals surface area contributed by atoms with Gasteiger partial charge in [-0.15, -0.1) is 0 Å². The van der Waals surface area contributed by atoms with Crippen LogP contribution < -0.4 is 15.3 Å². The van der Waals surface area contributed by atoms with E-state index < -0.39 is 0 Å². The molecule has 2 N–H and O–H groups in total. The van der Waals surface area contributed by atoms with Gasteiger partial charge in [-0.25, -0.2) is 19.9 Å². The van der Waals surface area contributed by atoms with Crippen molar-refractivity contribution in [2.24, 2.45) is 0 Å². The topological polar surface area (TPSA) is 103 Å². The zero-order valence-corrected chi connectivity index (χ0v) is 25.8. The van der Waals surface area contributed by atoms with Crippen molar-refractivity contribution in [1.82, 2.24) is 30.0 Å². The Bertz CT molecular complexity index is 1560. The summed E-state index contributed by atoms with van der Waals surface area (Å²) in [6.07, 6.45) is 1.84. The number of hydrogen-bond donors (Lipinski definition) is 2. The van der Waals surface area contributed by atoms with Gasteiger partial charge < -0.3 is 9.64 Å². The highest BCUT2D eigenvalue weighted by molar-refractivity contribution is 5.68. The van der Waals surface area contributed by atoms with Crippen LogP contribution in [0, 0.1) is 13.8 Å². The molecule has 5 rings (SSSR count). The SMILES string of the molecule is CCc1cccc(CC)c1-c1nc(C)c(COc2cc(C(C)C)ccc2C)c(N2CCN(Cc3n[nH]c(=O)[nH]3)CC2)n1. The lowest BCUT2D eigenvalue weighted by atomic mass is 9.96. The number of piperazine rings is 1. The van der Waals surface area contributed by atoms with Gasteiger partial charge in [-0.1, -0.05) is 58.0 Å². The Morgan fingerprint density at radius 2 is 1.69 bits per heavy atom. The maximum Gasteiger partial charge on any atom is 0.340 e. The van der Waals surface area contributed by atoms with Crippen LogP contribution in [0.1, 0.15) is 72.9 Å². The molecule has 0 unspecified atom stereocenters. The third-order valence-electron chi connectivity index (χ3n) is 8.26. The van der Waals surface area contributed by atoms with Crippen LogP contribution >= 0.6 is 0 Å². The Morgan fingerprint density at radius 3 is 2.31 bits per heavy atom. The van der Waals surface area contributed by atoms with E-state index in [-0.39, 0.29) is 5.69 Å². The van der Waals surface area contributed by atoms with Crippen LogP contribution in [0.25, 0.3) is 11.4 Å². The van der Waals surface area contributed by atoms with E-state index in [4.69, 9.17) is 14.7 Å². The molecule has 3 heterocycles. The third-order valence-corrected chi connectivity index (χ3v) is 8.26. The lowest BCUT2D eigenvalue weighted by Crippen LogP contribution is -2.47. The largest absolute Gasteiger partial charge is 0.488 e. The van der Waals surface area contributed by atoms with E-state index in [0.717, 1.165) is 78.8 Å². The fraction of sp³-hybridized carbons (Fsp3) is 0.455. The first-order valence-corrected chi connectivity index (χ1v) is 15.1. The van der Waals surface area contributed by atoms with Crippen molar-refractivity contribution >= 4 is 5.82 Å². The van der Waals surface area contributed by atoms with Gasteiger partial charge in [0.25, 0.3) is 0 Å². The molecule has 9 nitrogen and oxygen atoms in total. The predicted octanol–water partition coefficient (Wildman–Crippen LogP) is 5.32. The number of H-pyrrole nitrogens is 2. The zero-order valence-electron chi connectivity index (χ0n) is 25.8. The molecule has 0 spiro atoms. The van der Waals surface area contributed by atoms with Crippen LogP contribution in [0.3, 0.4) is 0 Å². The van der Waals surface area contributed by atoms with Gasteiger partial charge >= 0.3 is 5.69 Å². The minimum Gasteiger partial charge on any atom is -0.488 e. The highest BCUT2D eigenvalue weighted by Gasteiger charge is 2.25. The van der Waals surface area contributed by atoms with Crippen molar-refractivity contribution < 1.29 is 4.74 Å². The van der Waals surface area contributed by atoms with Crippen LogP contribution in [0.4, 0.5) is 5.82 Å². The highest BCUT2D eigenvalue weighted by atomic mass is 16.5. The van der Waals surface area contributed by atoms with Crippen molar-refractivity contribution in [3.8, 4) is 17.1 Å². The van der Waals surface area contributed by atoms with Crippen LogP contribution in [0.2, 0.25) is 0 Å². The van der Waals surface area contributed by atoms with Crippen molar-refractivity contribution in [3.05, 3.63) is 86.2 Å². The van der Waals surface area contributed by atoms with Gasteiger partial charge in [0.05, 0.1) is 17.8 Å². The Labute approximate surface area is 248 Å².